The molecule has 0 bridgehead atoms. The number of likely N-dealkylation sites (tertiary alicyclic amines) is 1. The number of fused-ring (bicyclic) bond motifs is 1. The maximum atomic E-state index is 12.9. The monoisotopic (exact) mass is 408 g/mol. The molecule has 0 aliphatic carbocycles. The highest BCUT2D eigenvalue weighted by atomic mass is 16.6. The zero-order chi connectivity index (χ0) is 21.5. The molecular weight excluding hydrogens is 384 g/mol. The maximum absolute atomic E-state index is 12.9. The van der Waals surface area contributed by atoms with Gasteiger partial charge in [0.05, 0.1) is 0 Å². The molecule has 1 aromatic carbocycles. The third-order valence-electron chi connectivity index (χ3n) is 4.87. The van der Waals surface area contributed by atoms with Crippen molar-refractivity contribution in [2.45, 2.75) is 45.8 Å². The molecule has 1 amide bonds. The van der Waals surface area contributed by atoms with Gasteiger partial charge in [-0.05, 0) is 45.4 Å². The van der Waals surface area contributed by atoms with E-state index in [9.17, 15) is 14.7 Å². The SMILES string of the molecule is CC(C)(C)OC(=O)n1c(-c2ccc(CN3CCCC3=O)c(O)c2)nc2cccnc21. The summed E-state index contributed by atoms with van der Waals surface area (Å²) in [7, 11) is 0. The molecule has 1 aliphatic rings. The van der Waals surface area contributed by atoms with Crippen LogP contribution in [0, 0.1) is 0 Å². The number of aromatic nitrogens is 3. The molecule has 8 heteroatoms. The van der Waals surface area contributed by atoms with Crippen LogP contribution in [0.2, 0.25) is 0 Å². The van der Waals surface area contributed by atoms with Gasteiger partial charge in [0, 0.05) is 36.8 Å². The summed E-state index contributed by atoms with van der Waals surface area (Å²) in [5, 5.41) is 10.6. The fourth-order valence-electron chi connectivity index (χ4n) is 3.50. The van der Waals surface area contributed by atoms with Crippen molar-refractivity contribution in [2.75, 3.05) is 6.54 Å². The van der Waals surface area contributed by atoms with Crippen molar-refractivity contribution in [3.63, 3.8) is 0 Å². The fraction of sp³-hybridized carbons (Fsp3) is 0.364. The lowest BCUT2D eigenvalue weighted by atomic mass is 10.1. The van der Waals surface area contributed by atoms with E-state index in [1.54, 1.807) is 62.2 Å². The Kier molecular flexibility index (Phi) is 4.93. The van der Waals surface area contributed by atoms with Gasteiger partial charge in [-0.2, -0.15) is 0 Å². The van der Waals surface area contributed by atoms with Gasteiger partial charge in [0.15, 0.2) is 11.5 Å². The Morgan fingerprint density at radius 3 is 2.73 bits per heavy atom. The molecule has 0 atom stereocenters. The van der Waals surface area contributed by atoms with Crippen molar-refractivity contribution in [2.24, 2.45) is 0 Å². The van der Waals surface area contributed by atoms with E-state index >= 15 is 0 Å². The average molecular weight is 408 g/mol. The molecule has 30 heavy (non-hydrogen) atoms. The molecular formula is C22H24N4O4. The zero-order valence-electron chi connectivity index (χ0n) is 17.3. The number of benzene rings is 1. The Hall–Kier alpha value is -3.42. The summed E-state index contributed by atoms with van der Waals surface area (Å²) in [5.74, 6) is 0.469. The van der Waals surface area contributed by atoms with Crippen LogP contribution in [0.3, 0.4) is 0 Å². The number of pyridine rings is 1. The van der Waals surface area contributed by atoms with Crippen LogP contribution in [0.25, 0.3) is 22.6 Å². The second kappa shape index (κ2) is 7.44. The second-order valence-electron chi connectivity index (χ2n) is 8.36. The van der Waals surface area contributed by atoms with Gasteiger partial charge in [-0.25, -0.2) is 19.3 Å². The molecule has 1 N–H and O–H groups in total. The fourth-order valence-corrected chi connectivity index (χ4v) is 3.50. The molecule has 4 rings (SSSR count). The first kappa shape index (κ1) is 19.9. The quantitative estimate of drug-likeness (QED) is 0.710. The highest BCUT2D eigenvalue weighted by Crippen LogP contribution is 2.30. The van der Waals surface area contributed by atoms with Gasteiger partial charge in [-0.3, -0.25) is 4.79 Å². The number of aromatic hydroxyl groups is 1. The number of phenolic OH excluding ortho intramolecular Hbond substituents is 1. The summed E-state index contributed by atoms with van der Waals surface area (Å²) in [6, 6.07) is 8.59. The number of hydrogen-bond donors (Lipinski definition) is 1. The summed E-state index contributed by atoms with van der Waals surface area (Å²) >= 11 is 0. The highest BCUT2D eigenvalue weighted by Gasteiger charge is 2.26. The molecule has 3 heterocycles. The lowest BCUT2D eigenvalue weighted by Crippen LogP contribution is -2.27. The standard InChI is InChI=1S/C22H24N4O4/c1-22(2,3)30-21(29)26-19(24-16-6-4-10-23-20(16)26)14-8-9-15(17(27)12-14)13-25-11-5-7-18(25)28/h4,6,8-10,12,27H,5,7,11,13H2,1-3H3. The Labute approximate surface area is 174 Å². The van der Waals surface area contributed by atoms with E-state index in [2.05, 4.69) is 9.97 Å². The van der Waals surface area contributed by atoms with Crippen LogP contribution < -0.4 is 0 Å². The maximum Gasteiger partial charge on any atom is 0.422 e. The second-order valence-corrected chi connectivity index (χ2v) is 8.36. The van der Waals surface area contributed by atoms with Crippen LogP contribution in [0.4, 0.5) is 4.79 Å². The van der Waals surface area contributed by atoms with E-state index in [4.69, 9.17) is 4.74 Å². The van der Waals surface area contributed by atoms with Gasteiger partial charge in [-0.15, -0.1) is 0 Å². The lowest BCUT2D eigenvalue weighted by Gasteiger charge is -2.20. The van der Waals surface area contributed by atoms with E-state index in [0.29, 0.717) is 47.6 Å². The minimum Gasteiger partial charge on any atom is -0.508 e. The normalized spacial score (nSPS) is 14.5. The van der Waals surface area contributed by atoms with Gasteiger partial charge < -0.3 is 14.7 Å². The van der Waals surface area contributed by atoms with E-state index in [-0.39, 0.29) is 11.7 Å². The Morgan fingerprint density at radius 2 is 2.07 bits per heavy atom. The van der Waals surface area contributed by atoms with Crippen LogP contribution in [0.15, 0.2) is 36.5 Å². The van der Waals surface area contributed by atoms with Crippen LogP contribution in [-0.2, 0) is 16.1 Å². The van der Waals surface area contributed by atoms with Gasteiger partial charge >= 0.3 is 6.09 Å². The van der Waals surface area contributed by atoms with Crippen molar-refractivity contribution in [1.29, 1.82) is 0 Å². The van der Waals surface area contributed by atoms with Crippen molar-refractivity contribution < 1.29 is 19.4 Å². The molecule has 0 spiro atoms. The Bertz CT molecular complexity index is 1130. The molecule has 3 aromatic rings. The predicted octanol–water partition coefficient (Wildman–Crippen LogP) is 3.71. The first-order chi connectivity index (χ1) is 14.2. The summed E-state index contributed by atoms with van der Waals surface area (Å²) in [6.45, 7) is 6.42. The predicted molar refractivity (Wildman–Crippen MR) is 111 cm³/mol. The topological polar surface area (TPSA) is 97.5 Å². The number of hydrogen-bond acceptors (Lipinski definition) is 6. The van der Waals surface area contributed by atoms with Gasteiger partial charge in [0.1, 0.15) is 16.9 Å². The molecule has 0 unspecified atom stereocenters. The van der Waals surface area contributed by atoms with E-state index in [1.165, 1.54) is 4.57 Å². The highest BCUT2D eigenvalue weighted by molar-refractivity contribution is 5.90. The lowest BCUT2D eigenvalue weighted by molar-refractivity contribution is -0.128. The Morgan fingerprint density at radius 1 is 1.27 bits per heavy atom. The number of amides is 1. The Balaban J connectivity index is 1.74. The molecule has 1 aliphatic heterocycles. The van der Waals surface area contributed by atoms with E-state index < -0.39 is 11.7 Å². The minimum absolute atomic E-state index is 0.0444. The van der Waals surface area contributed by atoms with Gasteiger partial charge in [0.25, 0.3) is 0 Å². The van der Waals surface area contributed by atoms with Crippen LogP contribution >= 0.6 is 0 Å². The first-order valence-corrected chi connectivity index (χ1v) is 9.90. The number of nitrogens with zero attached hydrogens (tertiary/aromatic N) is 4. The first-order valence-electron chi connectivity index (χ1n) is 9.90. The average Bonchev–Trinajstić information content (AvgIpc) is 3.25. The zero-order valence-corrected chi connectivity index (χ0v) is 17.3. The van der Waals surface area contributed by atoms with Crippen LogP contribution in [-0.4, -0.2) is 48.7 Å². The van der Waals surface area contributed by atoms with Crippen molar-refractivity contribution in [3.8, 4) is 17.1 Å². The van der Waals surface area contributed by atoms with E-state index in [0.717, 1.165) is 6.42 Å². The molecule has 2 aromatic heterocycles. The summed E-state index contributed by atoms with van der Waals surface area (Å²) < 4.78 is 6.86. The summed E-state index contributed by atoms with van der Waals surface area (Å²) in [6.07, 6.45) is 2.38. The summed E-state index contributed by atoms with van der Waals surface area (Å²) in [4.78, 5) is 35.3. The molecule has 156 valence electrons. The molecule has 1 fully saturated rings. The largest absolute Gasteiger partial charge is 0.508 e. The number of carbonyl (C=O) groups excluding carboxylic acids is 2. The van der Waals surface area contributed by atoms with Crippen molar-refractivity contribution in [3.05, 3.63) is 42.1 Å². The van der Waals surface area contributed by atoms with Crippen LogP contribution in [0.1, 0.15) is 39.2 Å². The van der Waals surface area contributed by atoms with Gasteiger partial charge in [-0.1, -0.05) is 12.1 Å². The summed E-state index contributed by atoms with van der Waals surface area (Å²) in [5.41, 5.74) is 1.44. The number of carbonyl (C=O) groups is 2. The van der Waals surface area contributed by atoms with E-state index in [1.807, 2.05) is 0 Å². The van der Waals surface area contributed by atoms with Crippen molar-refractivity contribution >= 4 is 23.2 Å². The molecule has 0 saturated carbocycles. The van der Waals surface area contributed by atoms with Crippen LogP contribution in [0.5, 0.6) is 5.75 Å². The smallest absolute Gasteiger partial charge is 0.422 e. The number of rotatable bonds is 3. The molecule has 1 saturated heterocycles. The number of imidazole rings is 1. The molecule has 0 radical (unpaired) electrons. The van der Waals surface area contributed by atoms with Gasteiger partial charge in [0.2, 0.25) is 5.91 Å². The third kappa shape index (κ3) is 3.85. The number of ether oxygens (including phenoxy) is 1. The minimum atomic E-state index is -0.687. The molecule has 8 nitrogen and oxygen atoms in total. The number of phenols is 1. The van der Waals surface area contributed by atoms with Crippen molar-refractivity contribution in [1.82, 2.24) is 19.4 Å². The third-order valence-corrected chi connectivity index (χ3v) is 4.87.